The van der Waals surface area contributed by atoms with E-state index in [9.17, 15) is 4.79 Å². The Morgan fingerprint density at radius 2 is 2.23 bits per heavy atom. The third-order valence-electron chi connectivity index (χ3n) is 4.64. The second-order valence-corrected chi connectivity index (χ2v) is 6.07. The van der Waals surface area contributed by atoms with Crippen LogP contribution in [0, 0.1) is 0 Å². The minimum atomic E-state index is 0.0336. The Morgan fingerprint density at radius 3 is 3.09 bits per heavy atom. The summed E-state index contributed by atoms with van der Waals surface area (Å²) in [5.74, 6) is 1.05. The monoisotopic (exact) mass is 300 g/mol. The first kappa shape index (κ1) is 13.7. The minimum absolute atomic E-state index is 0.0336. The van der Waals surface area contributed by atoms with Gasteiger partial charge in [0.05, 0.1) is 18.6 Å². The number of amides is 1. The Balaban J connectivity index is 1.56. The summed E-state index contributed by atoms with van der Waals surface area (Å²) in [4.78, 5) is 14.6. The SMILES string of the molecule is O=C(C[C@@H]1CCCO1)N1CCC[C@@H]1c1nnc2ccccn12. The van der Waals surface area contributed by atoms with Gasteiger partial charge in [0, 0.05) is 19.3 Å². The lowest BCUT2D eigenvalue weighted by molar-refractivity contribution is -0.134. The number of pyridine rings is 1. The molecule has 0 unspecified atom stereocenters. The van der Waals surface area contributed by atoms with E-state index in [2.05, 4.69) is 10.2 Å². The average Bonchev–Trinajstić information content (AvgIpc) is 3.26. The van der Waals surface area contributed by atoms with Gasteiger partial charge in [-0.15, -0.1) is 10.2 Å². The molecule has 2 aliphatic rings. The molecule has 116 valence electrons. The summed E-state index contributed by atoms with van der Waals surface area (Å²) in [6.07, 6.45) is 6.59. The average molecular weight is 300 g/mol. The fourth-order valence-electron chi connectivity index (χ4n) is 3.54. The van der Waals surface area contributed by atoms with Crippen LogP contribution >= 0.6 is 0 Å². The highest BCUT2D eigenvalue weighted by Crippen LogP contribution is 2.32. The van der Waals surface area contributed by atoms with Crippen molar-refractivity contribution in [2.75, 3.05) is 13.2 Å². The zero-order valence-corrected chi connectivity index (χ0v) is 12.5. The molecule has 0 saturated carbocycles. The number of nitrogens with zero attached hydrogens (tertiary/aromatic N) is 4. The summed E-state index contributed by atoms with van der Waals surface area (Å²) in [5, 5.41) is 8.54. The van der Waals surface area contributed by atoms with E-state index in [0.717, 1.165) is 50.3 Å². The summed E-state index contributed by atoms with van der Waals surface area (Å²) in [6.45, 7) is 1.59. The number of aromatic nitrogens is 3. The van der Waals surface area contributed by atoms with Crippen LogP contribution in [0.1, 0.15) is 44.0 Å². The van der Waals surface area contributed by atoms with Crippen LogP contribution in [0.2, 0.25) is 0 Å². The maximum absolute atomic E-state index is 12.6. The standard InChI is InChI=1S/C16H20N4O2/c21-15(11-12-5-4-10-22-12)19-9-3-6-13(19)16-18-17-14-7-1-2-8-20(14)16/h1-2,7-8,12-13H,3-6,9-11H2/t12-,13+/m0/s1. The Kier molecular flexibility index (Phi) is 3.54. The molecule has 2 saturated heterocycles. The van der Waals surface area contributed by atoms with Gasteiger partial charge in [0.15, 0.2) is 11.5 Å². The molecule has 22 heavy (non-hydrogen) atoms. The summed E-state index contributed by atoms with van der Waals surface area (Å²) in [7, 11) is 0. The van der Waals surface area contributed by atoms with Crippen molar-refractivity contribution in [1.29, 1.82) is 0 Å². The maximum atomic E-state index is 12.6. The molecule has 2 aromatic rings. The summed E-state index contributed by atoms with van der Waals surface area (Å²) in [5.41, 5.74) is 0.830. The van der Waals surface area contributed by atoms with Gasteiger partial charge in [-0.2, -0.15) is 0 Å². The molecule has 4 heterocycles. The van der Waals surface area contributed by atoms with Crippen LogP contribution in [-0.4, -0.2) is 44.7 Å². The molecule has 2 fully saturated rings. The molecule has 0 bridgehead atoms. The Hall–Kier alpha value is -1.95. The lowest BCUT2D eigenvalue weighted by Gasteiger charge is -2.24. The maximum Gasteiger partial charge on any atom is 0.225 e. The van der Waals surface area contributed by atoms with Crippen LogP contribution in [-0.2, 0) is 9.53 Å². The highest BCUT2D eigenvalue weighted by molar-refractivity contribution is 5.77. The number of carbonyl (C=O) groups is 1. The van der Waals surface area contributed by atoms with Gasteiger partial charge in [-0.1, -0.05) is 6.07 Å². The van der Waals surface area contributed by atoms with E-state index in [-0.39, 0.29) is 18.1 Å². The minimum Gasteiger partial charge on any atom is -0.378 e. The molecule has 6 heteroatoms. The molecular weight excluding hydrogens is 280 g/mol. The first-order valence-corrected chi connectivity index (χ1v) is 8.03. The Morgan fingerprint density at radius 1 is 1.27 bits per heavy atom. The molecule has 4 rings (SSSR count). The van der Waals surface area contributed by atoms with E-state index >= 15 is 0 Å². The van der Waals surface area contributed by atoms with Gasteiger partial charge in [0.2, 0.25) is 5.91 Å². The van der Waals surface area contributed by atoms with E-state index < -0.39 is 0 Å². The van der Waals surface area contributed by atoms with Gasteiger partial charge < -0.3 is 9.64 Å². The number of hydrogen-bond acceptors (Lipinski definition) is 4. The van der Waals surface area contributed by atoms with Crippen LogP contribution in [0.15, 0.2) is 24.4 Å². The van der Waals surface area contributed by atoms with Crippen LogP contribution < -0.4 is 0 Å². The first-order valence-electron chi connectivity index (χ1n) is 8.03. The molecule has 1 amide bonds. The quantitative estimate of drug-likeness (QED) is 0.869. The van der Waals surface area contributed by atoms with Crippen LogP contribution in [0.3, 0.4) is 0 Å². The number of fused-ring (bicyclic) bond motifs is 1. The van der Waals surface area contributed by atoms with Gasteiger partial charge in [-0.05, 0) is 37.8 Å². The van der Waals surface area contributed by atoms with Gasteiger partial charge >= 0.3 is 0 Å². The van der Waals surface area contributed by atoms with E-state index in [1.807, 2.05) is 33.7 Å². The zero-order chi connectivity index (χ0) is 14.9. The first-order chi connectivity index (χ1) is 10.8. The van der Waals surface area contributed by atoms with Crippen molar-refractivity contribution in [2.24, 2.45) is 0 Å². The lowest BCUT2D eigenvalue weighted by Crippen LogP contribution is -2.33. The molecule has 2 aromatic heterocycles. The predicted molar refractivity (Wildman–Crippen MR) is 80.3 cm³/mol. The van der Waals surface area contributed by atoms with Crippen molar-refractivity contribution in [1.82, 2.24) is 19.5 Å². The Bertz CT molecular complexity index is 678. The number of carbonyl (C=O) groups excluding carboxylic acids is 1. The smallest absolute Gasteiger partial charge is 0.225 e. The summed E-state index contributed by atoms with van der Waals surface area (Å²) >= 11 is 0. The van der Waals surface area contributed by atoms with Crippen molar-refractivity contribution < 1.29 is 9.53 Å². The molecule has 6 nitrogen and oxygen atoms in total. The number of ether oxygens (including phenoxy) is 1. The van der Waals surface area contributed by atoms with Crippen LogP contribution in [0.4, 0.5) is 0 Å². The van der Waals surface area contributed by atoms with E-state index in [0.29, 0.717) is 6.42 Å². The normalized spacial score (nSPS) is 25.2. The molecule has 0 radical (unpaired) electrons. The summed E-state index contributed by atoms with van der Waals surface area (Å²) in [6, 6.07) is 5.88. The molecule has 2 aliphatic heterocycles. The second-order valence-electron chi connectivity index (χ2n) is 6.07. The predicted octanol–water partition coefficient (Wildman–Crippen LogP) is 1.96. The molecule has 0 spiro atoms. The van der Waals surface area contributed by atoms with Gasteiger partial charge in [-0.3, -0.25) is 9.20 Å². The topological polar surface area (TPSA) is 59.7 Å². The van der Waals surface area contributed by atoms with E-state index in [4.69, 9.17) is 4.74 Å². The molecule has 2 atom stereocenters. The van der Waals surface area contributed by atoms with Crippen LogP contribution in [0.5, 0.6) is 0 Å². The van der Waals surface area contributed by atoms with Crippen molar-refractivity contribution >= 4 is 11.6 Å². The molecule has 0 aromatic carbocycles. The highest BCUT2D eigenvalue weighted by Gasteiger charge is 2.34. The fourth-order valence-corrected chi connectivity index (χ4v) is 3.54. The van der Waals surface area contributed by atoms with Crippen molar-refractivity contribution in [2.45, 2.75) is 44.2 Å². The third kappa shape index (κ3) is 2.37. The van der Waals surface area contributed by atoms with Crippen LogP contribution in [0.25, 0.3) is 5.65 Å². The van der Waals surface area contributed by atoms with Gasteiger partial charge in [-0.25, -0.2) is 0 Å². The van der Waals surface area contributed by atoms with E-state index in [1.165, 1.54) is 0 Å². The second kappa shape index (κ2) is 5.68. The Labute approximate surface area is 129 Å². The molecular formula is C16H20N4O2. The number of likely N-dealkylation sites (tertiary alicyclic amines) is 1. The largest absolute Gasteiger partial charge is 0.378 e. The fraction of sp³-hybridized carbons (Fsp3) is 0.562. The molecule has 0 aliphatic carbocycles. The van der Waals surface area contributed by atoms with Crippen molar-refractivity contribution in [3.8, 4) is 0 Å². The summed E-state index contributed by atoms with van der Waals surface area (Å²) < 4.78 is 7.59. The van der Waals surface area contributed by atoms with Crippen molar-refractivity contribution in [3.05, 3.63) is 30.2 Å². The number of hydrogen-bond donors (Lipinski definition) is 0. The van der Waals surface area contributed by atoms with Gasteiger partial charge in [0.1, 0.15) is 0 Å². The third-order valence-corrected chi connectivity index (χ3v) is 4.64. The zero-order valence-electron chi connectivity index (χ0n) is 12.5. The lowest BCUT2D eigenvalue weighted by atomic mass is 10.1. The molecule has 0 N–H and O–H groups in total. The van der Waals surface area contributed by atoms with Crippen molar-refractivity contribution in [3.63, 3.8) is 0 Å². The van der Waals surface area contributed by atoms with E-state index in [1.54, 1.807) is 0 Å². The number of rotatable bonds is 3. The van der Waals surface area contributed by atoms with Gasteiger partial charge in [0.25, 0.3) is 0 Å². The highest BCUT2D eigenvalue weighted by atomic mass is 16.5.